The van der Waals surface area contributed by atoms with E-state index >= 15 is 0 Å². The Bertz CT molecular complexity index is 310. The van der Waals surface area contributed by atoms with Crippen molar-refractivity contribution in [3.8, 4) is 5.88 Å². The SMILES string of the molecule is CCCNc1nc(C)nc(OCCC)c1C. The standard InChI is InChI=1S/C12H21N3O/c1-5-7-13-11-9(3)12(16-8-6-2)15-10(4)14-11/h5-8H2,1-4H3,(H,13,14,15). The monoisotopic (exact) mass is 223 g/mol. The lowest BCUT2D eigenvalue weighted by Gasteiger charge is -2.12. The van der Waals surface area contributed by atoms with Crippen LogP contribution in [0.4, 0.5) is 5.82 Å². The Labute approximate surface area is 97.5 Å². The minimum absolute atomic E-state index is 0.699. The molecule has 0 aliphatic rings. The predicted molar refractivity (Wildman–Crippen MR) is 66.1 cm³/mol. The van der Waals surface area contributed by atoms with Crippen molar-refractivity contribution in [2.75, 3.05) is 18.5 Å². The van der Waals surface area contributed by atoms with E-state index in [0.29, 0.717) is 12.5 Å². The number of aromatic nitrogens is 2. The smallest absolute Gasteiger partial charge is 0.221 e. The number of nitrogens with zero attached hydrogens (tertiary/aromatic N) is 2. The molecule has 0 aliphatic carbocycles. The van der Waals surface area contributed by atoms with E-state index in [1.165, 1.54) is 0 Å². The maximum atomic E-state index is 5.60. The van der Waals surface area contributed by atoms with Crippen LogP contribution >= 0.6 is 0 Å². The van der Waals surface area contributed by atoms with Crippen molar-refractivity contribution in [3.05, 3.63) is 11.4 Å². The number of rotatable bonds is 6. The van der Waals surface area contributed by atoms with E-state index in [-0.39, 0.29) is 0 Å². The average molecular weight is 223 g/mol. The van der Waals surface area contributed by atoms with Crippen molar-refractivity contribution in [1.82, 2.24) is 9.97 Å². The number of hydrogen-bond donors (Lipinski definition) is 1. The van der Waals surface area contributed by atoms with E-state index < -0.39 is 0 Å². The molecule has 0 aliphatic heterocycles. The molecule has 0 saturated heterocycles. The van der Waals surface area contributed by atoms with E-state index in [4.69, 9.17) is 4.74 Å². The first-order valence-corrected chi connectivity index (χ1v) is 5.90. The van der Waals surface area contributed by atoms with Crippen LogP contribution in [0.15, 0.2) is 0 Å². The van der Waals surface area contributed by atoms with Gasteiger partial charge in [0.15, 0.2) is 0 Å². The minimum Gasteiger partial charge on any atom is -0.477 e. The van der Waals surface area contributed by atoms with E-state index in [9.17, 15) is 0 Å². The van der Waals surface area contributed by atoms with Crippen LogP contribution in [0.1, 0.15) is 38.1 Å². The van der Waals surface area contributed by atoms with Crippen LogP contribution in [0.2, 0.25) is 0 Å². The van der Waals surface area contributed by atoms with Gasteiger partial charge in [-0.15, -0.1) is 0 Å². The molecule has 0 atom stereocenters. The molecule has 4 heteroatoms. The summed E-state index contributed by atoms with van der Waals surface area (Å²) in [6.07, 6.45) is 2.06. The first-order chi connectivity index (χ1) is 7.69. The number of hydrogen-bond acceptors (Lipinski definition) is 4. The molecule has 1 heterocycles. The molecule has 0 spiro atoms. The molecule has 16 heavy (non-hydrogen) atoms. The van der Waals surface area contributed by atoms with Gasteiger partial charge >= 0.3 is 0 Å². The topological polar surface area (TPSA) is 47.0 Å². The van der Waals surface area contributed by atoms with Crippen molar-refractivity contribution in [2.45, 2.75) is 40.5 Å². The van der Waals surface area contributed by atoms with Gasteiger partial charge in [-0.25, -0.2) is 4.98 Å². The lowest BCUT2D eigenvalue weighted by atomic mass is 10.3. The van der Waals surface area contributed by atoms with Gasteiger partial charge in [-0.05, 0) is 26.7 Å². The van der Waals surface area contributed by atoms with Crippen LogP contribution in [0.3, 0.4) is 0 Å². The van der Waals surface area contributed by atoms with Crippen molar-refractivity contribution in [3.63, 3.8) is 0 Å². The molecule has 0 fully saturated rings. The summed E-state index contributed by atoms with van der Waals surface area (Å²) < 4.78 is 5.60. The Hall–Kier alpha value is -1.32. The first kappa shape index (κ1) is 12.7. The Morgan fingerprint density at radius 3 is 2.50 bits per heavy atom. The molecule has 0 bridgehead atoms. The largest absolute Gasteiger partial charge is 0.477 e. The van der Waals surface area contributed by atoms with Crippen LogP contribution in [-0.2, 0) is 0 Å². The maximum absolute atomic E-state index is 5.60. The number of ether oxygens (including phenoxy) is 1. The van der Waals surface area contributed by atoms with Gasteiger partial charge in [0, 0.05) is 6.54 Å². The molecule has 0 amide bonds. The second-order valence-electron chi connectivity index (χ2n) is 3.82. The summed E-state index contributed by atoms with van der Waals surface area (Å²) >= 11 is 0. The van der Waals surface area contributed by atoms with Gasteiger partial charge in [0.05, 0.1) is 12.2 Å². The van der Waals surface area contributed by atoms with E-state index in [1.807, 2.05) is 13.8 Å². The average Bonchev–Trinajstić information content (AvgIpc) is 2.28. The van der Waals surface area contributed by atoms with Gasteiger partial charge in [0.2, 0.25) is 5.88 Å². The van der Waals surface area contributed by atoms with Crippen LogP contribution in [0, 0.1) is 13.8 Å². The zero-order valence-corrected chi connectivity index (χ0v) is 10.6. The van der Waals surface area contributed by atoms with Gasteiger partial charge in [-0.3, -0.25) is 0 Å². The van der Waals surface area contributed by atoms with E-state index in [2.05, 4.69) is 29.1 Å². The summed E-state index contributed by atoms with van der Waals surface area (Å²) in [5, 5.41) is 3.29. The van der Waals surface area contributed by atoms with Crippen molar-refractivity contribution in [2.24, 2.45) is 0 Å². The highest BCUT2D eigenvalue weighted by Crippen LogP contribution is 2.21. The summed E-state index contributed by atoms with van der Waals surface area (Å²) in [7, 11) is 0. The highest BCUT2D eigenvalue weighted by molar-refractivity contribution is 5.48. The second-order valence-corrected chi connectivity index (χ2v) is 3.82. The lowest BCUT2D eigenvalue weighted by Crippen LogP contribution is -2.09. The van der Waals surface area contributed by atoms with Crippen LogP contribution in [0.5, 0.6) is 5.88 Å². The van der Waals surface area contributed by atoms with Gasteiger partial charge < -0.3 is 10.1 Å². The van der Waals surface area contributed by atoms with Gasteiger partial charge in [0.1, 0.15) is 11.6 Å². The first-order valence-electron chi connectivity index (χ1n) is 5.90. The maximum Gasteiger partial charge on any atom is 0.221 e. The Morgan fingerprint density at radius 1 is 1.12 bits per heavy atom. The van der Waals surface area contributed by atoms with E-state index in [0.717, 1.165) is 36.6 Å². The number of aryl methyl sites for hydroxylation is 1. The fourth-order valence-corrected chi connectivity index (χ4v) is 1.36. The van der Waals surface area contributed by atoms with E-state index in [1.54, 1.807) is 0 Å². The second kappa shape index (κ2) is 6.30. The van der Waals surface area contributed by atoms with Crippen molar-refractivity contribution >= 4 is 5.82 Å². The highest BCUT2D eigenvalue weighted by Gasteiger charge is 2.09. The zero-order valence-electron chi connectivity index (χ0n) is 10.6. The molecule has 0 radical (unpaired) electrons. The third kappa shape index (κ3) is 3.36. The molecule has 0 saturated carbocycles. The summed E-state index contributed by atoms with van der Waals surface area (Å²) in [6, 6.07) is 0. The summed E-state index contributed by atoms with van der Waals surface area (Å²) in [6.45, 7) is 9.71. The molecule has 1 rings (SSSR count). The molecule has 90 valence electrons. The number of anilines is 1. The van der Waals surface area contributed by atoms with Crippen LogP contribution in [0.25, 0.3) is 0 Å². The third-order valence-corrected chi connectivity index (χ3v) is 2.20. The lowest BCUT2D eigenvalue weighted by molar-refractivity contribution is 0.302. The molecule has 4 nitrogen and oxygen atoms in total. The van der Waals surface area contributed by atoms with Crippen molar-refractivity contribution < 1.29 is 4.74 Å². The summed E-state index contributed by atoms with van der Waals surface area (Å²) in [5.74, 6) is 2.34. The molecule has 1 N–H and O–H groups in total. The zero-order chi connectivity index (χ0) is 12.0. The van der Waals surface area contributed by atoms with Crippen LogP contribution in [-0.4, -0.2) is 23.1 Å². The fraction of sp³-hybridized carbons (Fsp3) is 0.667. The van der Waals surface area contributed by atoms with Gasteiger partial charge in [0.25, 0.3) is 0 Å². The Balaban J connectivity index is 2.86. The normalized spacial score (nSPS) is 10.2. The van der Waals surface area contributed by atoms with Crippen molar-refractivity contribution in [1.29, 1.82) is 0 Å². The predicted octanol–water partition coefficient (Wildman–Crippen LogP) is 2.70. The Morgan fingerprint density at radius 2 is 1.88 bits per heavy atom. The summed E-state index contributed by atoms with van der Waals surface area (Å²) in [5.41, 5.74) is 0.993. The quantitative estimate of drug-likeness (QED) is 0.805. The molecule has 1 aromatic heterocycles. The van der Waals surface area contributed by atoms with Gasteiger partial charge in [-0.2, -0.15) is 4.98 Å². The number of nitrogens with one attached hydrogen (secondary N) is 1. The summed E-state index contributed by atoms with van der Waals surface area (Å²) in [4.78, 5) is 8.68. The minimum atomic E-state index is 0.699. The molecule has 1 aromatic rings. The Kier molecular flexibility index (Phi) is 5.02. The van der Waals surface area contributed by atoms with Gasteiger partial charge in [-0.1, -0.05) is 13.8 Å². The van der Waals surface area contributed by atoms with Crippen LogP contribution < -0.4 is 10.1 Å². The third-order valence-electron chi connectivity index (χ3n) is 2.20. The molecular weight excluding hydrogens is 202 g/mol. The molecule has 0 unspecified atom stereocenters. The highest BCUT2D eigenvalue weighted by atomic mass is 16.5. The molecule has 0 aromatic carbocycles. The fourth-order valence-electron chi connectivity index (χ4n) is 1.36. The molecular formula is C12H21N3O.